The van der Waals surface area contributed by atoms with E-state index in [0.29, 0.717) is 21.3 Å². The third-order valence-electron chi connectivity index (χ3n) is 2.90. The molecule has 0 atom stereocenters. The summed E-state index contributed by atoms with van der Waals surface area (Å²) in [6.07, 6.45) is 0. The van der Waals surface area contributed by atoms with Crippen LogP contribution in [0, 0.1) is 12.7 Å². The third-order valence-corrected chi connectivity index (χ3v) is 3.59. The summed E-state index contributed by atoms with van der Waals surface area (Å²) in [7, 11) is 0. The molecule has 0 fully saturated rings. The number of rotatable bonds is 4. The number of anilines is 1. The number of amides is 1. The molecule has 0 saturated heterocycles. The number of benzene rings is 2. The zero-order chi connectivity index (χ0) is 16.1. The topological polar surface area (TPSA) is 55.4 Å². The molecule has 0 aliphatic heterocycles. The van der Waals surface area contributed by atoms with Crippen LogP contribution in [-0.2, 0) is 9.53 Å². The molecule has 0 aliphatic carbocycles. The van der Waals surface area contributed by atoms with Gasteiger partial charge >= 0.3 is 5.97 Å². The molecule has 0 aliphatic rings. The Balaban J connectivity index is 1.94. The van der Waals surface area contributed by atoms with Crippen LogP contribution in [0.1, 0.15) is 15.9 Å². The van der Waals surface area contributed by atoms with Crippen LogP contribution < -0.4 is 5.32 Å². The van der Waals surface area contributed by atoms with E-state index in [1.165, 1.54) is 12.1 Å². The second-order valence-electron chi connectivity index (χ2n) is 4.56. The number of hydrogen-bond acceptors (Lipinski definition) is 3. The molecule has 0 spiro atoms. The first kappa shape index (κ1) is 16.2. The van der Waals surface area contributed by atoms with Crippen molar-refractivity contribution in [2.45, 2.75) is 6.92 Å². The molecule has 0 unspecified atom stereocenters. The molecule has 2 aromatic carbocycles. The van der Waals surface area contributed by atoms with E-state index in [4.69, 9.17) is 4.74 Å². The first-order valence-corrected chi connectivity index (χ1v) is 7.24. The lowest BCUT2D eigenvalue weighted by molar-refractivity contribution is -0.119. The maximum Gasteiger partial charge on any atom is 0.339 e. The number of nitrogens with one attached hydrogen (secondary N) is 1. The number of hydrogen-bond donors (Lipinski definition) is 1. The van der Waals surface area contributed by atoms with Crippen molar-refractivity contribution in [3.63, 3.8) is 0 Å². The van der Waals surface area contributed by atoms with Gasteiger partial charge < -0.3 is 10.1 Å². The van der Waals surface area contributed by atoms with Crippen LogP contribution in [0.4, 0.5) is 10.1 Å². The summed E-state index contributed by atoms with van der Waals surface area (Å²) in [5, 5.41) is 2.50. The van der Waals surface area contributed by atoms with E-state index in [1.54, 1.807) is 37.3 Å². The lowest BCUT2D eigenvalue weighted by atomic mass is 10.2. The second kappa shape index (κ2) is 7.17. The number of ether oxygens (including phenoxy) is 1. The zero-order valence-corrected chi connectivity index (χ0v) is 13.3. The minimum atomic E-state index is -0.612. The Labute approximate surface area is 135 Å². The van der Waals surface area contributed by atoms with Gasteiger partial charge in [-0.25, -0.2) is 9.18 Å². The SMILES string of the molecule is Cc1ccc(F)cc1NC(=O)COC(=O)c1ccccc1Br. The molecule has 2 aromatic rings. The molecule has 114 valence electrons. The van der Waals surface area contributed by atoms with Crippen molar-refractivity contribution in [3.8, 4) is 0 Å². The van der Waals surface area contributed by atoms with Gasteiger partial charge in [0.25, 0.3) is 5.91 Å². The minimum Gasteiger partial charge on any atom is -0.452 e. The fourth-order valence-corrected chi connectivity index (χ4v) is 2.20. The standard InChI is InChI=1S/C16H13BrFNO3/c1-10-6-7-11(18)8-14(10)19-15(20)9-22-16(21)12-4-2-3-5-13(12)17/h2-8H,9H2,1H3,(H,19,20). The van der Waals surface area contributed by atoms with Gasteiger partial charge in [0.1, 0.15) is 5.82 Å². The van der Waals surface area contributed by atoms with Gasteiger partial charge in [-0.05, 0) is 52.7 Å². The van der Waals surface area contributed by atoms with E-state index in [1.807, 2.05) is 0 Å². The molecule has 0 saturated carbocycles. The van der Waals surface area contributed by atoms with Crippen LogP contribution in [0.2, 0.25) is 0 Å². The fourth-order valence-electron chi connectivity index (χ4n) is 1.75. The van der Waals surface area contributed by atoms with E-state index < -0.39 is 24.3 Å². The predicted molar refractivity (Wildman–Crippen MR) is 84.2 cm³/mol. The van der Waals surface area contributed by atoms with Gasteiger partial charge in [0, 0.05) is 10.2 Å². The highest BCUT2D eigenvalue weighted by Crippen LogP contribution is 2.17. The molecular formula is C16H13BrFNO3. The molecule has 0 heterocycles. The first-order valence-electron chi connectivity index (χ1n) is 6.45. The lowest BCUT2D eigenvalue weighted by Crippen LogP contribution is -2.21. The normalized spacial score (nSPS) is 10.1. The predicted octanol–water partition coefficient (Wildman–Crippen LogP) is 3.69. The highest BCUT2D eigenvalue weighted by atomic mass is 79.9. The van der Waals surface area contributed by atoms with Crippen molar-refractivity contribution >= 4 is 33.5 Å². The van der Waals surface area contributed by atoms with Gasteiger partial charge in [0.2, 0.25) is 0 Å². The average molecular weight is 366 g/mol. The monoisotopic (exact) mass is 365 g/mol. The van der Waals surface area contributed by atoms with Gasteiger partial charge in [-0.15, -0.1) is 0 Å². The van der Waals surface area contributed by atoms with Crippen LogP contribution >= 0.6 is 15.9 Å². The Morgan fingerprint density at radius 3 is 2.68 bits per heavy atom. The summed E-state index contributed by atoms with van der Waals surface area (Å²) in [6.45, 7) is 1.29. The summed E-state index contributed by atoms with van der Waals surface area (Å²) in [5.41, 5.74) is 1.39. The molecule has 1 amide bonds. The van der Waals surface area contributed by atoms with Gasteiger partial charge in [-0.3, -0.25) is 4.79 Å². The molecular weight excluding hydrogens is 353 g/mol. The minimum absolute atomic E-state index is 0.331. The Bertz CT molecular complexity index is 718. The van der Waals surface area contributed by atoms with Gasteiger partial charge in [0.05, 0.1) is 5.56 Å². The van der Waals surface area contributed by atoms with E-state index in [-0.39, 0.29) is 0 Å². The number of carbonyl (C=O) groups is 2. The van der Waals surface area contributed by atoms with E-state index in [9.17, 15) is 14.0 Å². The summed E-state index contributed by atoms with van der Waals surface area (Å²) < 4.78 is 18.7. The molecule has 1 N–H and O–H groups in total. The number of esters is 1. The van der Waals surface area contributed by atoms with Crippen LogP contribution in [0.15, 0.2) is 46.9 Å². The number of carbonyl (C=O) groups excluding carboxylic acids is 2. The van der Waals surface area contributed by atoms with Crippen molar-refractivity contribution in [3.05, 3.63) is 63.9 Å². The molecule has 0 aromatic heterocycles. The van der Waals surface area contributed by atoms with Crippen LogP contribution in [0.5, 0.6) is 0 Å². The lowest BCUT2D eigenvalue weighted by Gasteiger charge is -2.09. The quantitative estimate of drug-likeness (QED) is 0.840. The van der Waals surface area contributed by atoms with Crippen molar-refractivity contribution in [1.82, 2.24) is 0 Å². The van der Waals surface area contributed by atoms with Crippen molar-refractivity contribution < 1.29 is 18.7 Å². The summed E-state index contributed by atoms with van der Waals surface area (Å²) in [5.74, 6) is -1.60. The van der Waals surface area contributed by atoms with Gasteiger partial charge in [0.15, 0.2) is 6.61 Å². The maximum absolute atomic E-state index is 13.1. The number of aryl methyl sites for hydroxylation is 1. The Morgan fingerprint density at radius 2 is 1.95 bits per heavy atom. The van der Waals surface area contributed by atoms with Gasteiger partial charge in [-0.1, -0.05) is 18.2 Å². The molecule has 4 nitrogen and oxygen atoms in total. The average Bonchev–Trinajstić information content (AvgIpc) is 2.49. The smallest absolute Gasteiger partial charge is 0.339 e. The molecule has 0 radical (unpaired) electrons. The van der Waals surface area contributed by atoms with Crippen molar-refractivity contribution in [2.75, 3.05) is 11.9 Å². The van der Waals surface area contributed by atoms with Crippen molar-refractivity contribution in [1.29, 1.82) is 0 Å². The summed E-state index contributed by atoms with van der Waals surface area (Å²) in [6, 6.07) is 10.8. The second-order valence-corrected chi connectivity index (χ2v) is 5.42. The van der Waals surface area contributed by atoms with E-state index in [2.05, 4.69) is 21.2 Å². The summed E-state index contributed by atoms with van der Waals surface area (Å²) >= 11 is 3.23. The Kier molecular flexibility index (Phi) is 5.27. The first-order chi connectivity index (χ1) is 10.5. The fraction of sp³-hybridized carbons (Fsp3) is 0.125. The highest BCUT2D eigenvalue weighted by molar-refractivity contribution is 9.10. The Hall–Kier alpha value is -2.21. The van der Waals surface area contributed by atoms with Gasteiger partial charge in [-0.2, -0.15) is 0 Å². The molecule has 2 rings (SSSR count). The largest absolute Gasteiger partial charge is 0.452 e. The van der Waals surface area contributed by atoms with E-state index >= 15 is 0 Å². The highest BCUT2D eigenvalue weighted by Gasteiger charge is 2.13. The van der Waals surface area contributed by atoms with Crippen LogP contribution in [0.25, 0.3) is 0 Å². The van der Waals surface area contributed by atoms with E-state index in [0.717, 1.165) is 0 Å². The molecule has 22 heavy (non-hydrogen) atoms. The summed E-state index contributed by atoms with van der Waals surface area (Å²) in [4.78, 5) is 23.6. The van der Waals surface area contributed by atoms with Crippen LogP contribution in [-0.4, -0.2) is 18.5 Å². The van der Waals surface area contributed by atoms with Crippen molar-refractivity contribution in [2.24, 2.45) is 0 Å². The third kappa shape index (κ3) is 4.14. The Morgan fingerprint density at radius 1 is 1.23 bits per heavy atom. The zero-order valence-electron chi connectivity index (χ0n) is 11.7. The molecule has 6 heteroatoms. The van der Waals surface area contributed by atoms with Crippen LogP contribution in [0.3, 0.4) is 0 Å². The molecule has 0 bridgehead atoms. The maximum atomic E-state index is 13.1. The number of halogens is 2.